The number of carbonyl (C=O) groups excluding carboxylic acids is 1. The van der Waals surface area contributed by atoms with Gasteiger partial charge in [-0.3, -0.25) is 4.79 Å². The first-order chi connectivity index (χ1) is 14.9. The average Bonchev–Trinajstić information content (AvgIpc) is 2.74. The summed E-state index contributed by atoms with van der Waals surface area (Å²) in [5.74, 6) is 0.782. The first-order valence-electron chi connectivity index (χ1n) is 10.4. The molecule has 0 saturated carbocycles. The molecular weight excluding hydrogens is 417 g/mol. The van der Waals surface area contributed by atoms with E-state index in [9.17, 15) is 9.36 Å². The van der Waals surface area contributed by atoms with Crippen LogP contribution in [0.15, 0.2) is 48.5 Å². The Balaban J connectivity index is 2.51. The fourth-order valence-electron chi connectivity index (χ4n) is 3.34. The first-order valence-corrected chi connectivity index (χ1v) is 12.0. The van der Waals surface area contributed by atoms with Crippen LogP contribution in [0.4, 0.5) is 0 Å². The van der Waals surface area contributed by atoms with Crippen LogP contribution in [0, 0.1) is 0 Å². The highest BCUT2D eigenvalue weighted by Gasteiger charge is 2.47. The minimum Gasteiger partial charge on any atom is -0.493 e. The first kappa shape index (κ1) is 24.8. The average molecular weight is 449 g/mol. The van der Waals surface area contributed by atoms with Crippen molar-refractivity contribution in [3.63, 3.8) is 0 Å². The lowest BCUT2D eigenvalue weighted by Gasteiger charge is -2.30. The van der Waals surface area contributed by atoms with Gasteiger partial charge < -0.3 is 24.3 Å². The summed E-state index contributed by atoms with van der Waals surface area (Å²) in [5, 5.41) is 0. The molecule has 2 N–H and O–H groups in total. The molecule has 0 aliphatic rings. The number of nitrogens with two attached hydrogens (primary N) is 1. The molecule has 0 aliphatic carbocycles. The molecule has 0 fully saturated rings. The van der Waals surface area contributed by atoms with E-state index in [1.54, 1.807) is 48.5 Å². The fourth-order valence-corrected chi connectivity index (χ4v) is 5.52. The summed E-state index contributed by atoms with van der Waals surface area (Å²) in [6, 6.07) is 12.8. The Morgan fingerprint density at radius 3 is 1.74 bits per heavy atom. The summed E-state index contributed by atoms with van der Waals surface area (Å²) in [4.78, 5) is 12.7. The summed E-state index contributed by atoms with van der Waals surface area (Å²) < 4.78 is 36.8. The number of methoxy groups -OCH3 is 2. The van der Waals surface area contributed by atoms with Crippen LogP contribution in [0.1, 0.15) is 39.5 Å². The van der Waals surface area contributed by atoms with E-state index in [-0.39, 0.29) is 17.3 Å². The molecule has 0 radical (unpaired) electrons. The smallest absolute Gasteiger partial charge is 0.443 e. The third-order valence-electron chi connectivity index (χ3n) is 4.89. The summed E-state index contributed by atoms with van der Waals surface area (Å²) in [5.41, 5.74) is 5.23. The summed E-state index contributed by atoms with van der Waals surface area (Å²) >= 11 is 0. The molecule has 2 aromatic carbocycles. The van der Waals surface area contributed by atoms with Crippen molar-refractivity contribution in [2.45, 2.75) is 51.2 Å². The number of rotatable bonds is 13. The van der Waals surface area contributed by atoms with Gasteiger partial charge in [0.05, 0.1) is 14.2 Å². The second-order valence-electron chi connectivity index (χ2n) is 7.24. The van der Waals surface area contributed by atoms with E-state index in [0.717, 1.165) is 19.3 Å². The van der Waals surface area contributed by atoms with Crippen LogP contribution in [0.25, 0.3) is 0 Å². The maximum Gasteiger partial charge on any atom is 0.443 e. The van der Waals surface area contributed by atoms with Crippen molar-refractivity contribution >= 4 is 13.4 Å². The highest BCUT2D eigenvalue weighted by molar-refractivity contribution is 7.56. The molecule has 0 aliphatic heterocycles. The lowest BCUT2D eigenvalue weighted by molar-refractivity contribution is -0.117. The molecular formula is C23H32NO6P. The van der Waals surface area contributed by atoms with Gasteiger partial charge in [-0.05, 0) is 37.6 Å². The SMILES string of the molecule is CCCCCC(N)C(C(C)=O)P(=O)(Oc1ccccc1OC)Oc1ccccc1OC. The number of Topliss-reactive ketones (excluding diaryl/α,β-unsaturated/α-hetero) is 1. The van der Waals surface area contributed by atoms with E-state index in [1.165, 1.54) is 21.1 Å². The van der Waals surface area contributed by atoms with Crippen molar-refractivity contribution in [1.82, 2.24) is 0 Å². The molecule has 2 atom stereocenters. The zero-order valence-corrected chi connectivity index (χ0v) is 19.5. The molecule has 0 bridgehead atoms. The standard InChI is InChI=1S/C23H32NO6P/c1-5-6-7-12-18(24)23(17(2)25)31(26,29-21-15-10-8-13-19(21)27-3)30-22-16-11-9-14-20(22)28-4/h8-11,13-16,18,23H,5-7,12,24H2,1-4H3. The topological polar surface area (TPSA) is 97.1 Å². The van der Waals surface area contributed by atoms with E-state index < -0.39 is 19.3 Å². The molecule has 0 spiro atoms. The van der Waals surface area contributed by atoms with Crippen molar-refractivity contribution in [1.29, 1.82) is 0 Å². The summed E-state index contributed by atoms with van der Waals surface area (Å²) in [6.45, 7) is 3.43. The van der Waals surface area contributed by atoms with Crippen LogP contribution in [0.2, 0.25) is 0 Å². The lowest BCUT2D eigenvalue weighted by Crippen LogP contribution is -2.41. The van der Waals surface area contributed by atoms with Gasteiger partial charge in [-0.1, -0.05) is 50.5 Å². The molecule has 2 unspecified atom stereocenters. The molecule has 2 aromatic rings. The van der Waals surface area contributed by atoms with E-state index in [1.807, 2.05) is 0 Å². The number of para-hydroxylation sites is 4. The number of hydrogen-bond acceptors (Lipinski definition) is 7. The van der Waals surface area contributed by atoms with Crippen molar-refractivity contribution in [3.05, 3.63) is 48.5 Å². The Morgan fingerprint density at radius 1 is 0.903 bits per heavy atom. The Labute approximate surface area is 184 Å². The van der Waals surface area contributed by atoms with Crippen LogP contribution >= 0.6 is 7.60 Å². The van der Waals surface area contributed by atoms with Crippen LogP contribution in [-0.2, 0) is 9.36 Å². The Morgan fingerprint density at radius 2 is 1.35 bits per heavy atom. The number of ether oxygens (including phenoxy) is 2. The molecule has 0 aromatic heterocycles. The minimum absolute atomic E-state index is 0.204. The zero-order valence-electron chi connectivity index (χ0n) is 18.6. The molecule has 0 saturated heterocycles. The van der Waals surface area contributed by atoms with Crippen molar-refractivity contribution in [3.8, 4) is 23.0 Å². The maximum absolute atomic E-state index is 14.2. The second-order valence-corrected chi connectivity index (χ2v) is 9.24. The Hall–Kier alpha value is -2.50. The van der Waals surface area contributed by atoms with Gasteiger partial charge in [0.15, 0.2) is 28.7 Å². The third-order valence-corrected chi connectivity index (χ3v) is 7.22. The maximum atomic E-state index is 14.2. The van der Waals surface area contributed by atoms with Crippen molar-refractivity contribution in [2.24, 2.45) is 5.73 Å². The molecule has 8 heteroatoms. The van der Waals surface area contributed by atoms with Gasteiger partial charge in [0.2, 0.25) is 0 Å². The van der Waals surface area contributed by atoms with Crippen LogP contribution in [0.5, 0.6) is 23.0 Å². The summed E-state index contributed by atoms with van der Waals surface area (Å²) in [7, 11) is -1.19. The van der Waals surface area contributed by atoms with Crippen LogP contribution in [-0.4, -0.2) is 31.7 Å². The van der Waals surface area contributed by atoms with E-state index in [2.05, 4.69) is 6.92 Å². The zero-order chi connectivity index (χ0) is 22.9. The monoisotopic (exact) mass is 449 g/mol. The Bertz CT molecular complexity index is 850. The Kier molecular flexibility index (Phi) is 9.41. The quantitative estimate of drug-likeness (QED) is 0.331. The predicted molar refractivity (Wildman–Crippen MR) is 121 cm³/mol. The third kappa shape index (κ3) is 6.49. The second kappa shape index (κ2) is 11.8. The van der Waals surface area contributed by atoms with E-state index >= 15 is 0 Å². The molecule has 7 nitrogen and oxygen atoms in total. The van der Waals surface area contributed by atoms with Gasteiger partial charge in [-0.15, -0.1) is 0 Å². The number of carbonyl (C=O) groups is 1. The van der Waals surface area contributed by atoms with Gasteiger partial charge in [0, 0.05) is 6.04 Å². The molecule has 0 heterocycles. The number of hydrogen-bond donors (Lipinski definition) is 1. The molecule has 2 rings (SSSR count). The van der Waals surface area contributed by atoms with Gasteiger partial charge in [0.25, 0.3) is 0 Å². The fraction of sp³-hybridized carbons (Fsp3) is 0.435. The van der Waals surface area contributed by atoms with Gasteiger partial charge in [-0.25, -0.2) is 4.57 Å². The lowest BCUT2D eigenvalue weighted by atomic mass is 10.0. The van der Waals surface area contributed by atoms with Crippen LogP contribution in [0.3, 0.4) is 0 Å². The van der Waals surface area contributed by atoms with Gasteiger partial charge >= 0.3 is 7.60 Å². The number of benzene rings is 2. The number of unbranched alkanes of at least 4 members (excludes halogenated alkanes) is 2. The van der Waals surface area contributed by atoms with Crippen molar-refractivity contribution in [2.75, 3.05) is 14.2 Å². The predicted octanol–water partition coefficient (Wildman–Crippen LogP) is 5.22. The number of ketones is 1. The van der Waals surface area contributed by atoms with Gasteiger partial charge in [0.1, 0.15) is 5.78 Å². The van der Waals surface area contributed by atoms with E-state index in [0.29, 0.717) is 17.9 Å². The van der Waals surface area contributed by atoms with Crippen molar-refractivity contribution < 1.29 is 27.9 Å². The summed E-state index contributed by atoms with van der Waals surface area (Å²) in [6.07, 6.45) is 3.30. The largest absolute Gasteiger partial charge is 0.493 e. The normalized spacial score (nSPS) is 13.2. The molecule has 0 amide bonds. The van der Waals surface area contributed by atoms with Gasteiger partial charge in [-0.2, -0.15) is 0 Å². The highest BCUT2D eigenvalue weighted by atomic mass is 31.2. The minimum atomic E-state index is -4.15. The molecule has 31 heavy (non-hydrogen) atoms. The highest BCUT2D eigenvalue weighted by Crippen LogP contribution is 2.57. The molecule has 170 valence electrons. The van der Waals surface area contributed by atoms with E-state index in [4.69, 9.17) is 24.3 Å². The van der Waals surface area contributed by atoms with Crippen LogP contribution < -0.4 is 24.3 Å².